The molecule has 0 aliphatic carbocycles. The van der Waals surface area contributed by atoms with Crippen molar-refractivity contribution in [2.24, 2.45) is 0 Å². The standard InChI is InChI=1S/C29H29F2N3O2S2/c1-5-38(32-18-21-8-13-24(36-4)14-9-21)28-19(2)33-29(37-28)34(3)27(35)16-20-6-10-22(11-7-20)25-17-23(30)12-15-26(25)31/h5-15,17,32H,16,18H2,1-4H3. The molecule has 0 saturated carbocycles. The molecule has 4 aromatic rings. The average Bonchev–Trinajstić information content (AvgIpc) is 3.32. The zero-order chi connectivity index (χ0) is 27.2. The number of benzene rings is 3. The first kappa shape index (κ1) is 27.6. The largest absolute Gasteiger partial charge is 0.497 e. The number of methoxy groups -OCH3 is 1. The van der Waals surface area contributed by atoms with E-state index in [1.165, 1.54) is 17.4 Å². The minimum absolute atomic E-state index is 0.110. The van der Waals surface area contributed by atoms with Crippen LogP contribution in [-0.2, 0) is 17.8 Å². The molecule has 1 unspecified atom stereocenters. The van der Waals surface area contributed by atoms with Gasteiger partial charge in [0.25, 0.3) is 0 Å². The van der Waals surface area contributed by atoms with Gasteiger partial charge in [0.1, 0.15) is 17.4 Å². The highest BCUT2D eigenvalue weighted by atomic mass is 32.2. The van der Waals surface area contributed by atoms with Gasteiger partial charge < -0.3 is 4.74 Å². The Hall–Kier alpha value is -3.40. The van der Waals surface area contributed by atoms with Crippen molar-refractivity contribution in [2.45, 2.75) is 31.0 Å². The lowest BCUT2D eigenvalue weighted by Gasteiger charge is -2.14. The Morgan fingerprint density at radius 3 is 2.42 bits per heavy atom. The van der Waals surface area contributed by atoms with E-state index in [0.29, 0.717) is 17.2 Å². The molecule has 0 aliphatic rings. The Balaban J connectivity index is 1.42. The molecule has 0 bridgehead atoms. The molecule has 3 aromatic carbocycles. The summed E-state index contributed by atoms with van der Waals surface area (Å²) >= 11 is 1.50. The van der Waals surface area contributed by atoms with Gasteiger partial charge in [-0.1, -0.05) is 58.4 Å². The number of aromatic nitrogens is 1. The van der Waals surface area contributed by atoms with Crippen molar-refractivity contribution in [2.75, 3.05) is 19.1 Å². The summed E-state index contributed by atoms with van der Waals surface area (Å²) in [7, 11) is 3.04. The van der Waals surface area contributed by atoms with Crippen LogP contribution >= 0.6 is 22.0 Å². The van der Waals surface area contributed by atoms with Gasteiger partial charge >= 0.3 is 0 Å². The minimum Gasteiger partial charge on any atom is -0.497 e. The van der Waals surface area contributed by atoms with Crippen molar-refractivity contribution < 1.29 is 18.3 Å². The van der Waals surface area contributed by atoms with Gasteiger partial charge in [-0.25, -0.2) is 13.8 Å². The summed E-state index contributed by atoms with van der Waals surface area (Å²) in [5.41, 5.74) is 3.55. The van der Waals surface area contributed by atoms with Crippen LogP contribution in [-0.4, -0.2) is 30.4 Å². The van der Waals surface area contributed by atoms with Crippen LogP contribution in [0.25, 0.3) is 11.1 Å². The van der Waals surface area contributed by atoms with E-state index in [2.05, 4.69) is 15.1 Å². The Labute approximate surface area is 228 Å². The SMILES string of the molecule is C/C=S(/NCc1ccc(OC)cc1)c1sc(N(C)C(=O)Cc2ccc(-c3cc(F)ccc3F)cc2)nc1C. The molecule has 1 heterocycles. The van der Waals surface area contributed by atoms with E-state index in [1.807, 2.05) is 38.1 Å². The van der Waals surface area contributed by atoms with Gasteiger partial charge in [-0.2, -0.15) is 0 Å². The number of anilines is 1. The number of halogens is 2. The second kappa shape index (κ2) is 12.4. The van der Waals surface area contributed by atoms with Crippen LogP contribution in [0, 0.1) is 18.6 Å². The van der Waals surface area contributed by atoms with Gasteiger partial charge in [0.2, 0.25) is 5.91 Å². The summed E-state index contributed by atoms with van der Waals surface area (Å²) in [5.74, 6) is -0.282. The third kappa shape index (κ3) is 6.53. The van der Waals surface area contributed by atoms with E-state index in [4.69, 9.17) is 4.74 Å². The molecule has 0 aliphatic heterocycles. The van der Waals surface area contributed by atoms with Gasteiger partial charge in [0, 0.05) is 19.2 Å². The van der Waals surface area contributed by atoms with E-state index in [0.717, 1.165) is 38.9 Å². The van der Waals surface area contributed by atoms with Crippen molar-refractivity contribution in [1.82, 2.24) is 9.71 Å². The molecule has 0 saturated heterocycles. The Bertz CT molecular complexity index is 1450. The smallest absolute Gasteiger partial charge is 0.232 e. The Morgan fingerprint density at radius 2 is 1.76 bits per heavy atom. The van der Waals surface area contributed by atoms with Crippen molar-refractivity contribution in [1.29, 1.82) is 0 Å². The fourth-order valence-electron chi connectivity index (χ4n) is 3.80. The highest BCUT2D eigenvalue weighted by Gasteiger charge is 2.19. The number of carbonyl (C=O) groups is 1. The van der Waals surface area contributed by atoms with E-state index in [9.17, 15) is 13.6 Å². The van der Waals surface area contributed by atoms with Crippen LogP contribution in [0.3, 0.4) is 0 Å². The number of aryl methyl sites for hydroxylation is 1. The molecular weight excluding hydrogens is 524 g/mol. The highest BCUT2D eigenvalue weighted by molar-refractivity contribution is 8.14. The third-order valence-corrected chi connectivity index (χ3v) is 9.42. The average molecular weight is 554 g/mol. The number of likely N-dealkylation sites (N-methyl/N-ethyl adjacent to an activating group) is 1. The van der Waals surface area contributed by atoms with E-state index >= 15 is 0 Å². The number of hydrogen-bond donors (Lipinski definition) is 1. The van der Waals surface area contributed by atoms with Gasteiger partial charge in [0.15, 0.2) is 5.13 Å². The van der Waals surface area contributed by atoms with Crippen molar-refractivity contribution in [3.63, 3.8) is 0 Å². The lowest BCUT2D eigenvalue weighted by Crippen LogP contribution is -2.27. The molecule has 198 valence electrons. The molecule has 5 nitrogen and oxygen atoms in total. The van der Waals surface area contributed by atoms with E-state index in [-0.39, 0.29) is 28.6 Å². The number of hydrogen-bond acceptors (Lipinski definition) is 5. The number of ether oxygens (including phenoxy) is 1. The lowest BCUT2D eigenvalue weighted by molar-refractivity contribution is -0.117. The Kier molecular flexibility index (Phi) is 9.04. The predicted octanol–water partition coefficient (Wildman–Crippen LogP) is 6.77. The molecule has 1 N–H and O–H groups in total. The normalized spacial score (nSPS) is 11.9. The molecule has 0 radical (unpaired) electrons. The molecule has 4 rings (SSSR count). The maximum Gasteiger partial charge on any atom is 0.232 e. The molecule has 0 fully saturated rings. The Morgan fingerprint density at radius 1 is 1.08 bits per heavy atom. The zero-order valence-corrected chi connectivity index (χ0v) is 23.3. The van der Waals surface area contributed by atoms with Crippen molar-refractivity contribution in [3.8, 4) is 16.9 Å². The monoisotopic (exact) mass is 553 g/mol. The number of thiazole rings is 1. The van der Waals surface area contributed by atoms with Gasteiger partial charge in [-0.15, -0.1) is 0 Å². The summed E-state index contributed by atoms with van der Waals surface area (Å²) in [5, 5.41) is 2.74. The first-order chi connectivity index (χ1) is 18.3. The number of amides is 1. The van der Waals surface area contributed by atoms with Crippen LogP contribution in [0.15, 0.2) is 70.9 Å². The van der Waals surface area contributed by atoms with Crippen LogP contribution in [0.4, 0.5) is 13.9 Å². The lowest BCUT2D eigenvalue weighted by atomic mass is 10.0. The molecule has 0 spiro atoms. The first-order valence-corrected chi connectivity index (χ1v) is 14.1. The number of carbonyl (C=O) groups excluding carboxylic acids is 1. The maximum atomic E-state index is 14.1. The predicted molar refractivity (Wildman–Crippen MR) is 153 cm³/mol. The van der Waals surface area contributed by atoms with Crippen LogP contribution in [0.2, 0.25) is 0 Å². The molecule has 1 atom stereocenters. The topological polar surface area (TPSA) is 54.5 Å². The second-order valence-electron chi connectivity index (χ2n) is 8.56. The molecule has 1 amide bonds. The summed E-state index contributed by atoms with van der Waals surface area (Å²) < 4.78 is 37.5. The van der Waals surface area contributed by atoms with Gasteiger partial charge in [-0.05, 0) is 66.2 Å². The summed E-state index contributed by atoms with van der Waals surface area (Å²) in [6.45, 7) is 4.65. The highest BCUT2D eigenvalue weighted by Crippen LogP contribution is 2.36. The fourth-order valence-corrected chi connectivity index (χ4v) is 6.82. The van der Waals surface area contributed by atoms with Crippen LogP contribution in [0.1, 0.15) is 23.7 Å². The van der Waals surface area contributed by atoms with Crippen molar-refractivity contribution in [3.05, 3.63) is 95.2 Å². The van der Waals surface area contributed by atoms with Gasteiger partial charge in [-0.3, -0.25) is 14.4 Å². The van der Waals surface area contributed by atoms with Crippen LogP contribution in [0.5, 0.6) is 5.75 Å². The number of nitrogens with one attached hydrogen (secondary N) is 1. The molecule has 9 heteroatoms. The second-order valence-corrected chi connectivity index (χ2v) is 11.6. The summed E-state index contributed by atoms with van der Waals surface area (Å²) in [6.07, 6.45) is 0.164. The van der Waals surface area contributed by atoms with E-state index in [1.54, 1.807) is 43.3 Å². The zero-order valence-electron chi connectivity index (χ0n) is 21.6. The van der Waals surface area contributed by atoms with Gasteiger partial charge in [0.05, 0.1) is 23.4 Å². The fraction of sp³-hybridized carbons (Fsp3) is 0.207. The minimum atomic E-state index is -0.500. The van der Waals surface area contributed by atoms with E-state index < -0.39 is 11.6 Å². The summed E-state index contributed by atoms with van der Waals surface area (Å²) in [4.78, 5) is 19.3. The maximum absolute atomic E-state index is 14.1. The number of rotatable bonds is 9. The molecular formula is C29H29F2N3O2S2. The molecule has 38 heavy (non-hydrogen) atoms. The quantitative estimate of drug-likeness (QED) is 0.233. The van der Waals surface area contributed by atoms with Crippen LogP contribution < -0.4 is 14.4 Å². The van der Waals surface area contributed by atoms with Crippen molar-refractivity contribution >= 4 is 38.4 Å². The number of nitrogens with zero attached hydrogens (tertiary/aromatic N) is 2. The third-order valence-electron chi connectivity index (χ3n) is 5.98. The molecule has 1 aromatic heterocycles. The first-order valence-electron chi connectivity index (χ1n) is 12.0. The summed E-state index contributed by atoms with van der Waals surface area (Å²) in [6, 6.07) is 18.2.